The van der Waals surface area contributed by atoms with E-state index in [4.69, 9.17) is 5.14 Å². The Morgan fingerprint density at radius 2 is 1.78 bits per heavy atom. The number of carbonyl (C=O) groups is 2. The molecule has 0 saturated heterocycles. The van der Waals surface area contributed by atoms with Crippen LogP contribution in [-0.4, -0.2) is 38.2 Å². The number of benzene rings is 2. The molecule has 2 amide bonds. The molecule has 0 bridgehead atoms. The maximum atomic E-state index is 12.6. The molecule has 0 heterocycles. The predicted molar refractivity (Wildman–Crippen MR) is 107 cm³/mol. The molecule has 0 unspecified atom stereocenters. The number of carbonyl (C=O) groups excluding carboxylic acids is 2. The second-order valence-corrected chi connectivity index (χ2v) is 8.11. The summed E-state index contributed by atoms with van der Waals surface area (Å²) in [7, 11) is -3.93. The first kappa shape index (κ1) is 21.1. The lowest BCUT2D eigenvalue weighted by Gasteiger charge is -2.19. The van der Waals surface area contributed by atoms with Crippen molar-refractivity contribution >= 4 is 43.5 Å². The van der Waals surface area contributed by atoms with Crippen molar-refractivity contribution in [2.24, 2.45) is 5.14 Å². The zero-order valence-corrected chi connectivity index (χ0v) is 17.3. The Balaban J connectivity index is 2.29. The number of halogens is 1. The number of nitrogens with two attached hydrogens (primary N) is 1. The molecule has 0 atom stereocenters. The first-order valence-corrected chi connectivity index (χ1v) is 10.5. The summed E-state index contributed by atoms with van der Waals surface area (Å²) in [6, 6.07) is 10.5. The minimum absolute atomic E-state index is 0.113. The van der Waals surface area contributed by atoms with Gasteiger partial charge in [-0.1, -0.05) is 6.07 Å². The van der Waals surface area contributed by atoms with Crippen LogP contribution in [-0.2, 0) is 10.0 Å². The van der Waals surface area contributed by atoms with Crippen molar-refractivity contribution in [2.45, 2.75) is 18.7 Å². The molecule has 0 aromatic heterocycles. The van der Waals surface area contributed by atoms with Crippen LogP contribution in [0, 0.1) is 0 Å². The Morgan fingerprint density at radius 1 is 1.11 bits per heavy atom. The summed E-state index contributed by atoms with van der Waals surface area (Å²) in [6.07, 6.45) is 0. The third kappa shape index (κ3) is 5.15. The molecule has 9 heteroatoms. The number of hydrogen-bond acceptors (Lipinski definition) is 4. The lowest BCUT2D eigenvalue weighted by molar-refractivity contribution is 0.0772. The molecule has 0 radical (unpaired) electrons. The van der Waals surface area contributed by atoms with Crippen LogP contribution in [0.2, 0.25) is 0 Å². The molecule has 0 spiro atoms. The van der Waals surface area contributed by atoms with Gasteiger partial charge in [0.1, 0.15) is 0 Å². The van der Waals surface area contributed by atoms with E-state index >= 15 is 0 Å². The van der Waals surface area contributed by atoms with Gasteiger partial charge in [0.2, 0.25) is 10.0 Å². The predicted octanol–water partition coefficient (Wildman–Crippen LogP) is 2.83. The first-order valence-electron chi connectivity index (χ1n) is 8.20. The lowest BCUT2D eigenvalue weighted by atomic mass is 10.1. The molecule has 0 aliphatic heterocycles. The lowest BCUT2D eigenvalue weighted by Crippen LogP contribution is -2.30. The van der Waals surface area contributed by atoms with Crippen molar-refractivity contribution in [1.29, 1.82) is 0 Å². The summed E-state index contributed by atoms with van der Waals surface area (Å²) < 4.78 is 23.4. The highest BCUT2D eigenvalue weighted by atomic mass is 79.9. The van der Waals surface area contributed by atoms with Crippen molar-refractivity contribution in [2.75, 3.05) is 18.4 Å². The molecule has 2 aromatic carbocycles. The fourth-order valence-electron chi connectivity index (χ4n) is 2.48. The van der Waals surface area contributed by atoms with Gasteiger partial charge in [-0.25, -0.2) is 13.6 Å². The summed E-state index contributed by atoms with van der Waals surface area (Å²) in [4.78, 5) is 26.5. The minimum Gasteiger partial charge on any atom is -0.339 e. The number of rotatable bonds is 6. The largest absolute Gasteiger partial charge is 0.339 e. The van der Waals surface area contributed by atoms with E-state index in [2.05, 4.69) is 21.2 Å². The summed E-state index contributed by atoms with van der Waals surface area (Å²) in [5, 5.41) is 7.79. The van der Waals surface area contributed by atoms with Gasteiger partial charge in [0.05, 0.1) is 10.5 Å². The Labute approximate surface area is 166 Å². The molecule has 0 aliphatic carbocycles. The number of sulfonamides is 1. The Bertz CT molecular complexity index is 972. The van der Waals surface area contributed by atoms with E-state index in [0.717, 1.165) is 0 Å². The molecule has 3 N–H and O–H groups in total. The number of anilines is 1. The number of nitrogens with zero attached hydrogens (tertiary/aromatic N) is 1. The summed E-state index contributed by atoms with van der Waals surface area (Å²) in [5.74, 6) is -0.659. The zero-order chi connectivity index (χ0) is 20.2. The second-order valence-electron chi connectivity index (χ2n) is 5.70. The number of nitrogens with one attached hydrogen (secondary N) is 1. The van der Waals surface area contributed by atoms with Gasteiger partial charge in [-0.05, 0) is 66.2 Å². The van der Waals surface area contributed by atoms with E-state index in [0.29, 0.717) is 28.8 Å². The van der Waals surface area contributed by atoms with Gasteiger partial charge in [0, 0.05) is 28.8 Å². The van der Waals surface area contributed by atoms with Gasteiger partial charge >= 0.3 is 0 Å². The monoisotopic (exact) mass is 453 g/mol. The topological polar surface area (TPSA) is 110 Å². The van der Waals surface area contributed by atoms with E-state index in [1.165, 1.54) is 18.2 Å². The molecule has 0 fully saturated rings. The van der Waals surface area contributed by atoms with Crippen molar-refractivity contribution < 1.29 is 18.0 Å². The SMILES string of the molecule is CCN(CC)C(=O)c1cccc(NC(=O)c2cc(S(N)(=O)=O)ccc2Br)c1. The summed E-state index contributed by atoms with van der Waals surface area (Å²) in [5.41, 5.74) is 0.988. The zero-order valence-electron chi connectivity index (χ0n) is 14.9. The number of amides is 2. The smallest absolute Gasteiger partial charge is 0.256 e. The number of hydrogen-bond donors (Lipinski definition) is 2. The molecule has 0 aliphatic rings. The van der Waals surface area contributed by atoms with Crippen LogP contribution in [0.4, 0.5) is 5.69 Å². The minimum atomic E-state index is -3.93. The second kappa shape index (κ2) is 8.64. The Kier molecular flexibility index (Phi) is 6.74. The number of primary sulfonamides is 1. The van der Waals surface area contributed by atoms with Crippen molar-refractivity contribution in [1.82, 2.24) is 4.90 Å². The third-order valence-corrected chi connectivity index (χ3v) is 5.53. The average Bonchev–Trinajstić information content (AvgIpc) is 2.62. The molecular formula is C18H20BrN3O4S. The maximum absolute atomic E-state index is 12.6. The summed E-state index contributed by atoms with van der Waals surface area (Å²) >= 11 is 3.23. The van der Waals surface area contributed by atoms with E-state index in [1.807, 2.05) is 13.8 Å². The van der Waals surface area contributed by atoms with Crippen molar-refractivity contribution in [3.63, 3.8) is 0 Å². The first-order chi connectivity index (χ1) is 12.7. The normalized spacial score (nSPS) is 11.1. The fraction of sp³-hybridized carbons (Fsp3) is 0.222. The van der Waals surface area contributed by atoms with Crippen molar-refractivity contribution in [3.8, 4) is 0 Å². The maximum Gasteiger partial charge on any atom is 0.256 e. The fourth-order valence-corrected chi connectivity index (χ4v) is 3.44. The molecule has 144 valence electrons. The highest BCUT2D eigenvalue weighted by molar-refractivity contribution is 9.10. The third-order valence-electron chi connectivity index (χ3n) is 3.93. The average molecular weight is 454 g/mol. The van der Waals surface area contributed by atoms with Gasteiger partial charge < -0.3 is 10.2 Å². The molecular weight excluding hydrogens is 434 g/mol. The van der Waals surface area contributed by atoms with Crippen LogP contribution >= 0.6 is 15.9 Å². The highest BCUT2D eigenvalue weighted by Crippen LogP contribution is 2.22. The van der Waals surface area contributed by atoms with E-state index in [1.54, 1.807) is 29.2 Å². The van der Waals surface area contributed by atoms with Crippen LogP contribution in [0.5, 0.6) is 0 Å². The van der Waals surface area contributed by atoms with Crippen LogP contribution < -0.4 is 10.5 Å². The van der Waals surface area contributed by atoms with Gasteiger partial charge in [0.15, 0.2) is 0 Å². The molecule has 7 nitrogen and oxygen atoms in total. The van der Waals surface area contributed by atoms with Crippen LogP contribution in [0.25, 0.3) is 0 Å². The van der Waals surface area contributed by atoms with Gasteiger partial charge in [-0.3, -0.25) is 9.59 Å². The molecule has 0 saturated carbocycles. The quantitative estimate of drug-likeness (QED) is 0.700. The Hall–Kier alpha value is -2.23. The molecule has 2 rings (SSSR count). The van der Waals surface area contributed by atoms with Gasteiger partial charge in [0.25, 0.3) is 11.8 Å². The van der Waals surface area contributed by atoms with Gasteiger partial charge in [-0.2, -0.15) is 0 Å². The Morgan fingerprint density at radius 3 is 2.37 bits per heavy atom. The van der Waals surface area contributed by atoms with Crippen LogP contribution in [0.1, 0.15) is 34.6 Å². The molecule has 2 aromatic rings. The summed E-state index contributed by atoms with van der Waals surface area (Å²) in [6.45, 7) is 4.95. The molecule has 27 heavy (non-hydrogen) atoms. The van der Waals surface area contributed by atoms with Crippen molar-refractivity contribution in [3.05, 3.63) is 58.1 Å². The standard InChI is InChI=1S/C18H20BrN3O4S/c1-3-22(4-2)18(24)12-6-5-7-13(10-12)21-17(23)15-11-14(27(20,25)26)8-9-16(15)19/h5-11H,3-4H2,1-2H3,(H,21,23)(H2,20,25,26). The van der Waals surface area contributed by atoms with Crippen LogP contribution in [0.15, 0.2) is 51.8 Å². The van der Waals surface area contributed by atoms with E-state index < -0.39 is 15.9 Å². The van der Waals surface area contributed by atoms with Crippen LogP contribution in [0.3, 0.4) is 0 Å². The van der Waals surface area contributed by atoms with E-state index in [9.17, 15) is 18.0 Å². The van der Waals surface area contributed by atoms with Gasteiger partial charge in [-0.15, -0.1) is 0 Å². The van der Waals surface area contributed by atoms with E-state index in [-0.39, 0.29) is 16.4 Å². The highest BCUT2D eigenvalue weighted by Gasteiger charge is 2.17.